The summed E-state index contributed by atoms with van der Waals surface area (Å²) < 4.78 is 12.9. The molecule has 0 radical (unpaired) electrons. The van der Waals surface area contributed by atoms with Gasteiger partial charge in [-0.25, -0.2) is 0 Å². The van der Waals surface area contributed by atoms with Crippen LogP contribution in [0.15, 0.2) is 12.1 Å². The van der Waals surface area contributed by atoms with Gasteiger partial charge < -0.3 is 5.73 Å². The molecule has 4 nitrogen and oxygen atoms in total. The van der Waals surface area contributed by atoms with Gasteiger partial charge in [0.2, 0.25) is 5.82 Å². The highest BCUT2D eigenvalue weighted by atomic mass is 35.5. The molecule has 0 saturated carbocycles. The van der Waals surface area contributed by atoms with Gasteiger partial charge in [-0.2, -0.15) is 4.39 Å². The molecule has 0 bridgehead atoms. The van der Waals surface area contributed by atoms with Crippen molar-refractivity contribution in [2.24, 2.45) is 0 Å². The first-order chi connectivity index (χ1) is 5.54. The fourth-order valence-electron chi connectivity index (χ4n) is 0.695. The van der Waals surface area contributed by atoms with Crippen LogP contribution in [0.4, 0.5) is 15.8 Å². The maximum Gasteiger partial charge on any atom is 0.306 e. The van der Waals surface area contributed by atoms with E-state index < -0.39 is 21.5 Å². The maximum absolute atomic E-state index is 12.9. The van der Waals surface area contributed by atoms with E-state index in [0.29, 0.717) is 0 Å². The lowest BCUT2D eigenvalue weighted by Gasteiger charge is -1.98. The van der Waals surface area contributed by atoms with E-state index in [2.05, 4.69) is 0 Å². The Labute approximate surface area is 71.9 Å². The van der Waals surface area contributed by atoms with E-state index in [-0.39, 0.29) is 5.69 Å². The van der Waals surface area contributed by atoms with Crippen molar-refractivity contribution in [1.29, 1.82) is 0 Å². The number of hydrogen-bond donors (Lipinski definition) is 1. The molecule has 1 rings (SSSR count). The number of hydrogen-bond acceptors (Lipinski definition) is 3. The molecule has 64 valence electrons. The first-order valence-corrected chi connectivity index (χ1v) is 3.29. The molecule has 0 spiro atoms. The van der Waals surface area contributed by atoms with Crippen molar-refractivity contribution in [3.63, 3.8) is 0 Å². The number of nitrogen functional groups attached to an aromatic ring is 1. The number of nitro groups is 1. The topological polar surface area (TPSA) is 69.2 Å². The fourth-order valence-corrected chi connectivity index (χ4v) is 0.855. The molecule has 2 N–H and O–H groups in total. The molecule has 0 aliphatic rings. The molecule has 1 aromatic rings. The van der Waals surface area contributed by atoms with Crippen molar-refractivity contribution in [2.75, 3.05) is 5.73 Å². The predicted molar refractivity (Wildman–Crippen MR) is 42.5 cm³/mol. The van der Waals surface area contributed by atoms with Crippen LogP contribution in [0, 0.1) is 15.9 Å². The van der Waals surface area contributed by atoms with Crippen molar-refractivity contribution < 1.29 is 9.31 Å². The third-order valence-electron chi connectivity index (χ3n) is 1.29. The van der Waals surface area contributed by atoms with Gasteiger partial charge in [0, 0.05) is 6.07 Å². The predicted octanol–water partition coefficient (Wildman–Crippen LogP) is 1.97. The third-order valence-corrected chi connectivity index (χ3v) is 1.67. The number of halogens is 2. The summed E-state index contributed by atoms with van der Waals surface area (Å²) in [7, 11) is 0. The summed E-state index contributed by atoms with van der Waals surface area (Å²) in [5.41, 5.74) is 4.51. The van der Waals surface area contributed by atoms with Gasteiger partial charge in [0.1, 0.15) is 5.02 Å². The molecule has 0 heterocycles. The van der Waals surface area contributed by atoms with E-state index in [1.165, 1.54) is 6.07 Å². The fraction of sp³-hybridized carbons (Fsp3) is 0. The zero-order chi connectivity index (χ0) is 9.30. The van der Waals surface area contributed by atoms with Crippen LogP contribution in [0.3, 0.4) is 0 Å². The highest BCUT2D eigenvalue weighted by molar-refractivity contribution is 6.33. The van der Waals surface area contributed by atoms with Crippen molar-refractivity contribution >= 4 is 23.0 Å². The smallest absolute Gasteiger partial charge is 0.306 e. The molecule has 0 aliphatic carbocycles. The molecule has 0 amide bonds. The minimum Gasteiger partial charge on any atom is -0.397 e. The molecule has 6 heteroatoms. The van der Waals surface area contributed by atoms with E-state index >= 15 is 0 Å². The zero-order valence-corrected chi connectivity index (χ0v) is 6.51. The van der Waals surface area contributed by atoms with Crippen LogP contribution in [-0.2, 0) is 0 Å². The van der Waals surface area contributed by atoms with E-state index in [4.69, 9.17) is 17.3 Å². The van der Waals surface area contributed by atoms with Crippen LogP contribution >= 0.6 is 11.6 Å². The standard InChI is InChI=1S/C6H4ClFN2O2/c7-5-3(9)1-2-4(6(5)8)10(11)12/h1-2H,9H2. The highest BCUT2D eigenvalue weighted by Crippen LogP contribution is 2.29. The SMILES string of the molecule is Nc1ccc([N+](=O)[O-])c(F)c1Cl. The summed E-state index contributed by atoms with van der Waals surface area (Å²) in [6, 6.07) is 2.15. The van der Waals surface area contributed by atoms with Crippen LogP contribution in [0.25, 0.3) is 0 Å². The molecule has 0 fully saturated rings. The van der Waals surface area contributed by atoms with E-state index in [1.54, 1.807) is 0 Å². The average Bonchev–Trinajstić information content (AvgIpc) is 2.00. The number of nitrogens with two attached hydrogens (primary N) is 1. The largest absolute Gasteiger partial charge is 0.397 e. The molecular formula is C6H4ClFN2O2. The first kappa shape index (κ1) is 8.73. The summed E-state index contributed by atoms with van der Waals surface area (Å²) in [6.45, 7) is 0. The average molecular weight is 191 g/mol. The Hall–Kier alpha value is -1.36. The second-order valence-corrected chi connectivity index (χ2v) is 2.44. The summed E-state index contributed by atoms with van der Waals surface area (Å²) >= 11 is 5.32. The number of anilines is 1. The lowest BCUT2D eigenvalue weighted by molar-refractivity contribution is -0.387. The minimum absolute atomic E-state index is 0.0141. The minimum atomic E-state index is -1.10. The molecule has 0 unspecified atom stereocenters. The molecule has 12 heavy (non-hydrogen) atoms. The Kier molecular flexibility index (Phi) is 2.14. The lowest BCUT2D eigenvalue weighted by atomic mass is 10.3. The second kappa shape index (κ2) is 2.94. The van der Waals surface area contributed by atoms with Crippen LogP contribution < -0.4 is 5.73 Å². The Balaban J connectivity index is 3.36. The van der Waals surface area contributed by atoms with Crippen molar-refractivity contribution in [1.82, 2.24) is 0 Å². The molecule has 0 atom stereocenters. The number of benzene rings is 1. The molecular weight excluding hydrogens is 187 g/mol. The third kappa shape index (κ3) is 1.31. The number of nitrogens with zero attached hydrogens (tertiary/aromatic N) is 1. The summed E-state index contributed by atoms with van der Waals surface area (Å²) in [6.07, 6.45) is 0. The van der Waals surface area contributed by atoms with Crippen molar-refractivity contribution in [3.05, 3.63) is 33.1 Å². The monoisotopic (exact) mass is 190 g/mol. The van der Waals surface area contributed by atoms with Gasteiger partial charge in [-0.1, -0.05) is 11.6 Å². The van der Waals surface area contributed by atoms with Crippen LogP contribution in [0.5, 0.6) is 0 Å². The normalized spacial score (nSPS) is 9.83. The highest BCUT2D eigenvalue weighted by Gasteiger charge is 2.18. The van der Waals surface area contributed by atoms with Crippen LogP contribution in [0.1, 0.15) is 0 Å². The molecule has 0 aromatic heterocycles. The van der Waals surface area contributed by atoms with Gasteiger partial charge in [-0.15, -0.1) is 0 Å². The quantitative estimate of drug-likeness (QED) is 0.418. The Morgan fingerprint density at radius 2 is 2.17 bits per heavy atom. The van der Waals surface area contributed by atoms with Gasteiger partial charge in [0.05, 0.1) is 10.6 Å². The summed E-state index contributed by atoms with van der Waals surface area (Å²) in [5, 5.41) is 9.74. The van der Waals surface area contributed by atoms with Gasteiger partial charge in [0.25, 0.3) is 0 Å². The molecule has 0 aliphatic heterocycles. The Morgan fingerprint density at radius 3 is 2.67 bits per heavy atom. The number of rotatable bonds is 1. The van der Waals surface area contributed by atoms with Gasteiger partial charge in [0.15, 0.2) is 0 Å². The van der Waals surface area contributed by atoms with Crippen LogP contribution in [-0.4, -0.2) is 4.92 Å². The van der Waals surface area contributed by atoms with Gasteiger partial charge >= 0.3 is 5.69 Å². The van der Waals surface area contributed by atoms with Gasteiger partial charge in [-0.3, -0.25) is 10.1 Å². The molecule has 0 saturated heterocycles. The zero-order valence-electron chi connectivity index (χ0n) is 5.75. The molecule has 1 aromatic carbocycles. The van der Waals surface area contributed by atoms with Gasteiger partial charge in [-0.05, 0) is 6.07 Å². The van der Waals surface area contributed by atoms with Crippen molar-refractivity contribution in [3.8, 4) is 0 Å². The first-order valence-electron chi connectivity index (χ1n) is 2.92. The Bertz CT molecular complexity index is 343. The number of nitro benzene ring substituents is 1. The summed E-state index contributed by atoms with van der Waals surface area (Å²) in [4.78, 5) is 9.29. The Morgan fingerprint density at radius 1 is 1.58 bits per heavy atom. The van der Waals surface area contributed by atoms with E-state index in [1.807, 2.05) is 0 Å². The lowest BCUT2D eigenvalue weighted by Crippen LogP contribution is -1.96. The summed E-state index contributed by atoms with van der Waals surface area (Å²) in [5.74, 6) is -1.10. The van der Waals surface area contributed by atoms with Crippen LogP contribution in [0.2, 0.25) is 5.02 Å². The van der Waals surface area contributed by atoms with Crippen molar-refractivity contribution in [2.45, 2.75) is 0 Å². The maximum atomic E-state index is 12.9. The van der Waals surface area contributed by atoms with E-state index in [0.717, 1.165) is 6.07 Å². The van der Waals surface area contributed by atoms with E-state index in [9.17, 15) is 14.5 Å². The second-order valence-electron chi connectivity index (χ2n) is 2.06.